The molecule has 0 aliphatic carbocycles. The van der Waals surface area contributed by atoms with Gasteiger partial charge in [-0.2, -0.15) is 61.5 Å². The minimum atomic E-state index is -8.11. The van der Waals surface area contributed by atoms with Gasteiger partial charge in [-0.25, -0.2) is 0 Å². The number of benzene rings is 2. The van der Waals surface area contributed by atoms with Crippen LogP contribution in [0.5, 0.6) is 0 Å². The zero-order valence-electron chi connectivity index (χ0n) is 17.6. The lowest BCUT2D eigenvalue weighted by Gasteiger charge is -2.42. The Morgan fingerprint density at radius 2 is 0.595 bits per heavy atom. The molecular formula is C21H12Cl2F14. The minimum Gasteiger partial charge on any atom is -0.199 e. The number of alkyl halides is 14. The van der Waals surface area contributed by atoms with E-state index in [2.05, 4.69) is 0 Å². The van der Waals surface area contributed by atoms with Crippen LogP contribution in [0.1, 0.15) is 11.1 Å². The lowest BCUT2D eigenvalue weighted by molar-refractivity contribution is -0.441. The van der Waals surface area contributed by atoms with E-state index in [9.17, 15) is 61.5 Å². The van der Waals surface area contributed by atoms with Crippen molar-refractivity contribution in [2.45, 2.75) is 54.3 Å². The van der Waals surface area contributed by atoms with Gasteiger partial charge in [0.2, 0.25) is 0 Å². The maximum absolute atomic E-state index is 14.1. The predicted octanol–water partition coefficient (Wildman–Crippen LogP) is 9.23. The summed E-state index contributed by atoms with van der Waals surface area (Å²) in [7, 11) is 0. The van der Waals surface area contributed by atoms with Crippen molar-refractivity contribution in [3.8, 4) is 0 Å². The molecule has 0 unspecified atom stereocenters. The topological polar surface area (TPSA) is 0 Å². The van der Waals surface area contributed by atoms with Gasteiger partial charge in [-0.1, -0.05) is 47.5 Å². The molecule has 0 spiro atoms. The summed E-state index contributed by atoms with van der Waals surface area (Å²) in [4.78, 5) is 0. The summed E-state index contributed by atoms with van der Waals surface area (Å²) >= 11 is 10.8. The molecule has 0 heterocycles. The van der Waals surface area contributed by atoms with Crippen LogP contribution < -0.4 is 0 Å². The van der Waals surface area contributed by atoms with E-state index >= 15 is 0 Å². The summed E-state index contributed by atoms with van der Waals surface area (Å²) in [6.45, 7) is 0. The van der Waals surface area contributed by atoms with E-state index < -0.39 is 65.4 Å². The van der Waals surface area contributed by atoms with E-state index in [0.29, 0.717) is 24.3 Å². The molecule has 0 aliphatic rings. The Morgan fingerprint density at radius 1 is 0.378 bits per heavy atom. The van der Waals surface area contributed by atoms with Gasteiger partial charge in [-0.15, -0.1) is 0 Å². The molecule has 0 aliphatic heterocycles. The normalized spacial score (nSPS) is 14.7. The second-order valence-corrected chi connectivity index (χ2v) is 8.76. The molecule has 0 nitrogen and oxygen atoms in total. The van der Waals surface area contributed by atoms with Gasteiger partial charge in [-0.3, -0.25) is 0 Å². The molecular weight excluding hydrogens is 589 g/mol. The van der Waals surface area contributed by atoms with E-state index in [0.717, 1.165) is 24.3 Å². The highest BCUT2D eigenvalue weighted by molar-refractivity contribution is 6.30. The molecule has 0 amide bonds. The summed E-state index contributed by atoms with van der Waals surface area (Å²) < 4.78 is 197. The van der Waals surface area contributed by atoms with Gasteiger partial charge in [0.15, 0.2) is 0 Å². The standard InChI is InChI=1S/C21H12Cl2F14/c22-13-5-1-11(2-6-13)9-15(24,25)17(28,29)19(32,33)21(36,37)20(34,35)18(30,31)16(26,27)10-12-3-7-14(23)8-4-12/h1-8H,9-10H2. The Labute approximate surface area is 209 Å². The molecule has 0 atom stereocenters. The van der Waals surface area contributed by atoms with Gasteiger partial charge >= 0.3 is 41.5 Å². The van der Waals surface area contributed by atoms with Crippen LogP contribution in [0, 0.1) is 0 Å². The molecule has 0 bridgehead atoms. The van der Waals surface area contributed by atoms with Crippen molar-refractivity contribution in [3.63, 3.8) is 0 Å². The molecule has 0 aromatic heterocycles. The lowest BCUT2D eigenvalue weighted by Crippen LogP contribution is -2.73. The fourth-order valence-corrected chi connectivity index (χ4v) is 3.24. The molecule has 208 valence electrons. The average Bonchev–Trinajstić information content (AvgIpc) is 2.75. The Kier molecular flexibility index (Phi) is 8.16. The van der Waals surface area contributed by atoms with Crippen LogP contribution in [0.15, 0.2) is 48.5 Å². The van der Waals surface area contributed by atoms with Crippen molar-refractivity contribution in [1.82, 2.24) is 0 Å². The number of rotatable bonds is 10. The van der Waals surface area contributed by atoms with Gasteiger partial charge in [0.1, 0.15) is 0 Å². The molecule has 0 N–H and O–H groups in total. The number of hydrogen-bond acceptors (Lipinski definition) is 0. The molecule has 16 heteroatoms. The van der Waals surface area contributed by atoms with Crippen molar-refractivity contribution >= 4 is 23.2 Å². The third-order valence-corrected chi connectivity index (χ3v) is 5.68. The molecule has 0 saturated heterocycles. The monoisotopic (exact) mass is 600 g/mol. The average molecular weight is 601 g/mol. The molecule has 0 fully saturated rings. The highest BCUT2D eigenvalue weighted by atomic mass is 35.5. The van der Waals surface area contributed by atoms with E-state index in [-0.39, 0.29) is 10.0 Å². The smallest absolute Gasteiger partial charge is 0.199 e. The maximum atomic E-state index is 14.1. The zero-order chi connectivity index (χ0) is 28.9. The molecule has 2 aromatic rings. The van der Waals surface area contributed by atoms with Crippen LogP contribution in [0.25, 0.3) is 0 Å². The molecule has 0 saturated carbocycles. The first-order valence-electron chi connectivity index (χ1n) is 9.58. The van der Waals surface area contributed by atoms with Crippen molar-refractivity contribution in [3.05, 3.63) is 69.7 Å². The maximum Gasteiger partial charge on any atom is 0.384 e. The van der Waals surface area contributed by atoms with Crippen LogP contribution in [0.4, 0.5) is 61.5 Å². The van der Waals surface area contributed by atoms with Crippen molar-refractivity contribution in [2.75, 3.05) is 0 Å². The second kappa shape index (κ2) is 9.65. The van der Waals surface area contributed by atoms with Gasteiger partial charge in [-0.05, 0) is 35.4 Å². The van der Waals surface area contributed by atoms with Gasteiger partial charge < -0.3 is 0 Å². The van der Waals surface area contributed by atoms with Gasteiger partial charge in [0.25, 0.3) is 0 Å². The minimum absolute atomic E-state index is 0.155. The molecule has 2 aromatic carbocycles. The first-order chi connectivity index (χ1) is 16.4. The van der Waals surface area contributed by atoms with E-state index in [1.165, 1.54) is 0 Å². The highest BCUT2D eigenvalue weighted by Gasteiger charge is 2.92. The number of halogens is 16. The Bertz CT molecular complexity index is 994. The molecule has 2 rings (SSSR count). The summed E-state index contributed by atoms with van der Waals surface area (Å²) in [5, 5.41) is -0.311. The van der Waals surface area contributed by atoms with E-state index in [1.807, 2.05) is 0 Å². The summed E-state index contributed by atoms with van der Waals surface area (Å²) in [6.07, 6.45) is -4.92. The quantitative estimate of drug-likeness (QED) is 0.238. The Balaban J connectivity index is 2.48. The fourth-order valence-electron chi connectivity index (χ4n) is 2.99. The fraction of sp³-hybridized carbons (Fsp3) is 0.429. The van der Waals surface area contributed by atoms with Gasteiger partial charge in [0, 0.05) is 22.9 Å². The SMILES string of the molecule is FC(F)(Cc1ccc(Cl)cc1)C(F)(F)C(F)(F)C(F)(F)C(F)(F)C(F)(F)C(F)(F)Cc1ccc(Cl)cc1. The summed E-state index contributed by atoms with van der Waals surface area (Å²) in [6, 6.07) is 5.49. The van der Waals surface area contributed by atoms with E-state index in [4.69, 9.17) is 23.2 Å². The second-order valence-electron chi connectivity index (χ2n) is 7.89. The summed E-state index contributed by atoms with van der Waals surface area (Å²) in [5.41, 5.74) is -1.83. The largest absolute Gasteiger partial charge is 0.384 e. The molecule has 37 heavy (non-hydrogen) atoms. The molecule has 0 radical (unpaired) electrons. The van der Waals surface area contributed by atoms with Crippen molar-refractivity contribution in [1.29, 1.82) is 0 Å². The van der Waals surface area contributed by atoms with Crippen LogP contribution in [0.3, 0.4) is 0 Å². The highest BCUT2D eigenvalue weighted by Crippen LogP contribution is 2.62. The summed E-state index contributed by atoms with van der Waals surface area (Å²) in [5.74, 6) is -51.4. The van der Waals surface area contributed by atoms with Gasteiger partial charge in [0.05, 0.1) is 0 Å². The van der Waals surface area contributed by atoms with Crippen LogP contribution in [0.2, 0.25) is 10.0 Å². The van der Waals surface area contributed by atoms with Crippen LogP contribution >= 0.6 is 23.2 Å². The van der Waals surface area contributed by atoms with Crippen molar-refractivity contribution in [2.24, 2.45) is 0 Å². The van der Waals surface area contributed by atoms with Crippen LogP contribution in [-0.2, 0) is 12.8 Å². The Morgan fingerprint density at radius 3 is 0.838 bits per heavy atom. The van der Waals surface area contributed by atoms with Crippen molar-refractivity contribution < 1.29 is 61.5 Å². The first-order valence-corrected chi connectivity index (χ1v) is 10.3. The third-order valence-electron chi connectivity index (χ3n) is 5.17. The van der Waals surface area contributed by atoms with E-state index in [1.54, 1.807) is 0 Å². The predicted molar refractivity (Wildman–Crippen MR) is 105 cm³/mol. The first kappa shape index (κ1) is 31.3. The van der Waals surface area contributed by atoms with Crippen LogP contribution in [-0.4, -0.2) is 41.5 Å². The zero-order valence-corrected chi connectivity index (χ0v) is 19.1. The Hall–Kier alpha value is -1.96. The number of hydrogen-bond donors (Lipinski definition) is 0. The third kappa shape index (κ3) is 5.19. The lowest BCUT2D eigenvalue weighted by atomic mass is 9.86.